The Morgan fingerprint density at radius 2 is 2.00 bits per heavy atom. The third-order valence-corrected chi connectivity index (χ3v) is 3.19. The fraction of sp³-hybridized carbons (Fsp3) is 1.00. The second-order valence-electron chi connectivity index (χ2n) is 3.31. The Balaban J connectivity index is 2.18. The molecule has 0 aromatic carbocycles. The summed E-state index contributed by atoms with van der Waals surface area (Å²) in [6, 6.07) is 0. The molecular weight excluding hydrogens is 183 g/mol. The van der Waals surface area contributed by atoms with Crippen LogP contribution >= 0.6 is 23.2 Å². The molecule has 1 fully saturated rings. The van der Waals surface area contributed by atoms with Crippen LogP contribution in [0.4, 0.5) is 0 Å². The van der Waals surface area contributed by atoms with Gasteiger partial charge in [0.2, 0.25) is 0 Å². The summed E-state index contributed by atoms with van der Waals surface area (Å²) in [7, 11) is 0. The van der Waals surface area contributed by atoms with Gasteiger partial charge in [0, 0.05) is 13.0 Å². The average Bonchev–Trinajstić information content (AvgIpc) is 2.33. The summed E-state index contributed by atoms with van der Waals surface area (Å²) in [4.78, 5) is 0. The summed E-state index contributed by atoms with van der Waals surface area (Å²) in [6.07, 6.45) is 2.99. The van der Waals surface area contributed by atoms with Crippen molar-refractivity contribution in [1.82, 2.24) is 0 Å². The van der Waals surface area contributed by atoms with Crippen LogP contribution in [0.15, 0.2) is 0 Å². The molecule has 0 heterocycles. The Labute approximate surface area is 78.0 Å². The van der Waals surface area contributed by atoms with Gasteiger partial charge in [-0.05, 0) is 13.3 Å². The zero-order valence-corrected chi connectivity index (χ0v) is 8.50. The normalized spacial score (nSPS) is 33.8. The Morgan fingerprint density at radius 3 is 2.36 bits per heavy atom. The summed E-state index contributed by atoms with van der Waals surface area (Å²) < 4.78 is 4.91. The third-order valence-electron chi connectivity index (χ3n) is 2.13. The van der Waals surface area contributed by atoms with Crippen molar-refractivity contribution < 1.29 is 4.74 Å². The van der Waals surface area contributed by atoms with Crippen LogP contribution < -0.4 is 0 Å². The maximum atomic E-state index is 5.87. The third kappa shape index (κ3) is 2.01. The van der Waals surface area contributed by atoms with E-state index in [9.17, 15) is 0 Å². The first kappa shape index (κ1) is 9.63. The number of halogens is 2. The molecule has 1 aliphatic carbocycles. The highest BCUT2D eigenvalue weighted by Gasteiger charge is 2.64. The summed E-state index contributed by atoms with van der Waals surface area (Å²) in [5.74, 6) is 0. The van der Waals surface area contributed by atoms with Crippen molar-refractivity contribution in [1.29, 1.82) is 0 Å². The molecule has 0 radical (unpaired) electrons. The maximum Gasteiger partial charge on any atom is 0.149 e. The van der Waals surface area contributed by atoms with Crippen molar-refractivity contribution in [2.24, 2.45) is 0 Å². The van der Waals surface area contributed by atoms with E-state index >= 15 is 0 Å². The summed E-state index contributed by atoms with van der Waals surface area (Å²) in [5, 5.41) is 0. The Kier molecular flexibility index (Phi) is 2.73. The van der Waals surface area contributed by atoms with Gasteiger partial charge >= 0.3 is 0 Å². The fourth-order valence-corrected chi connectivity index (χ4v) is 1.60. The molecule has 66 valence electrons. The predicted molar refractivity (Wildman–Crippen MR) is 48.3 cm³/mol. The zero-order chi connectivity index (χ0) is 8.54. The van der Waals surface area contributed by atoms with Crippen molar-refractivity contribution in [3.63, 3.8) is 0 Å². The quantitative estimate of drug-likeness (QED) is 0.496. The number of ether oxygens (including phenoxy) is 1. The van der Waals surface area contributed by atoms with Crippen LogP contribution in [0.2, 0.25) is 0 Å². The molecule has 0 saturated heterocycles. The van der Waals surface area contributed by atoms with E-state index in [0.717, 1.165) is 25.9 Å². The molecular formula is C8H14Cl2O. The molecule has 1 unspecified atom stereocenters. The van der Waals surface area contributed by atoms with E-state index in [1.54, 1.807) is 0 Å². The maximum absolute atomic E-state index is 5.87. The van der Waals surface area contributed by atoms with Crippen molar-refractivity contribution >= 4 is 23.2 Å². The molecule has 0 N–H and O–H groups in total. The first-order valence-corrected chi connectivity index (χ1v) is 4.79. The molecule has 1 aliphatic rings. The van der Waals surface area contributed by atoms with Gasteiger partial charge in [-0.15, -0.1) is 0 Å². The van der Waals surface area contributed by atoms with E-state index in [-0.39, 0.29) is 5.60 Å². The summed E-state index contributed by atoms with van der Waals surface area (Å²) in [6.45, 7) is 4.87. The molecule has 0 aliphatic heterocycles. The number of unbranched alkanes of at least 4 members (excludes halogenated alkanes) is 1. The lowest BCUT2D eigenvalue weighted by molar-refractivity contribution is 0.0425. The second kappa shape index (κ2) is 3.12. The van der Waals surface area contributed by atoms with E-state index in [0.29, 0.717) is 0 Å². The average molecular weight is 197 g/mol. The predicted octanol–water partition coefficient (Wildman–Crippen LogP) is 3.14. The molecule has 0 aromatic rings. The first-order chi connectivity index (χ1) is 5.02. The number of hydrogen-bond donors (Lipinski definition) is 0. The Bertz CT molecular complexity index is 147. The number of alkyl halides is 2. The highest BCUT2D eigenvalue weighted by molar-refractivity contribution is 6.52. The van der Waals surface area contributed by atoms with Crippen LogP contribution in [-0.2, 0) is 4.74 Å². The highest BCUT2D eigenvalue weighted by Crippen LogP contribution is 2.58. The standard InChI is InChI=1S/C8H14Cl2O/c1-3-4-5-11-7(2)6-8(7,9)10/h3-6H2,1-2H3. The monoisotopic (exact) mass is 196 g/mol. The van der Waals surface area contributed by atoms with Gasteiger partial charge in [0.25, 0.3) is 0 Å². The van der Waals surface area contributed by atoms with Crippen molar-refractivity contribution in [2.75, 3.05) is 6.61 Å². The molecule has 0 spiro atoms. The summed E-state index contributed by atoms with van der Waals surface area (Å²) >= 11 is 11.7. The van der Waals surface area contributed by atoms with E-state index < -0.39 is 4.33 Å². The van der Waals surface area contributed by atoms with Gasteiger partial charge < -0.3 is 4.74 Å². The first-order valence-electron chi connectivity index (χ1n) is 4.03. The van der Waals surface area contributed by atoms with Gasteiger partial charge in [0.15, 0.2) is 0 Å². The van der Waals surface area contributed by atoms with E-state index in [1.165, 1.54) is 0 Å². The van der Waals surface area contributed by atoms with Crippen LogP contribution in [0.3, 0.4) is 0 Å². The van der Waals surface area contributed by atoms with E-state index in [1.807, 2.05) is 6.92 Å². The second-order valence-corrected chi connectivity index (χ2v) is 4.80. The minimum atomic E-state index is -0.624. The van der Waals surface area contributed by atoms with Crippen molar-refractivity contribution in [3.8, 4) is 0 Å². The molecule has 1 atom stereocenters. The van der Waals surface area contributed by atoms with Gasteiger partial charge in [0.1, 0.15) is 9.93 Å². The van der Waals surface area contributed by atoms with E-state index in [2.05, 4.69) is 6.92 Å². The number of hydrogen-bond acceptors (Lipinski definition) is 1. The lowest BCUT2D eigenvalue weighted by Gasteiger charge is -2.12. The number of rotatable bonds is 4. The van der Waals surface area contributed by atoms with Crippen LogP contribution in [-0.4, -0.2) is 16.5 Å². The van der Waals surface area contributed by atoms with Crippen LogP contribution in [0, 0.1) is 0 Å². The molecule has 11 heavy (non-hydrogen) atoms. The van der Waals surface area contributed by atoms with Crippen LogP contribution in [0.25, 0.3) is 0 Å². The zero-order valence-electron chi connectivity index (χ0n) is 6.99. The lowest BCUT2D eigenvalue weighted by atomic mass is 10.3. The molecule has 0 amide bonds. The molecule has 1 nitrogen and oxygen atoms in total. The van der Waals surface area contributed by atoms with E-state index in [4.69, 9.17) is 27.9 Å². The minimum absolute atomic E-state index is 0.273. The molecule has 3 heteroatoms. The van der Waals surface area contributed by atoms with Crippen LogP contribution in [0.1, 0.15) is 33.1 Å². The largest absolute Gasteiger partial charge is 0.372 e. The van der Waals surface area contributed by atoms with Gasteiger partial charge in [-0.2, -0.15) is 0 Å². The SMILES string of the molecule is CCCCOC1(C)CC1(Cl)Cl. The topological polar surface area (TPSA) is 9.23 Å². The Morgan fingerprint density at radius 1 is 1.45 bits per heavy atom. The van der Waals surface area contributed by atoms with Gasteiger partial charge in [-0.25, -0.2) is 0 Å². The fourth-order valence-electron chi connectivity index (χ4n) is 0.978. The molecule has 0 aromatic heterocycles. The smallest absolute Gasteiger partial charge is 0.149 e. The van der Waals surface area contributed by atoms with Gasteiger partial charge in [-0.1, -0.05) is 36.5 Å². The highest BCUT2D eigenvalue weighted by atomic mass is 35.5. The van der Waals surface area contributed by atoms with Gasteiger partial charge in [-0.3, -0.25) is 0 Å². The van der Waals surface area contributed by atoms with Crippen molar-refractivity contribution in [2.45, 2.75) is 43.0 Å². The molecule has 1 saturated carbocycles. The van der Waals surface area contributed by atoms with Crippen LogP contribution in [0.5, 0.6) is 0 Å². The minimum Gasteiger partial charge on any atom is -0.372 e. The molecule has 1 rings (SSSR count). The lowest BCUT2D eigenvalue weighted by Crippen LogP contribution is -2.17. The van der Waals surface area contributed by atoms with Gasteiger partial charge in [0.05, 0.1) is 0 Å². The summed E-state index contributed by atoms with van der Waals surface area (Å²) in [5.41, 5.74) is -0.273. The molecule has 0 bridgehead atoms. The van der Waals surface area contributed by atoms with Crippen molar-refractivity contribution in [3.05, 3.63) is 0 Å². The Hall–Kier alpha value is 0.540.